The molecular formula is C25H40N4O7. The van der Waals surface area contributed by atoms with Gasteiger partial charge in [0.15, 0.2) is 0 Å². The molecule has 0 saturated carbocycles. The molecule has 3 rings (SSSR count). The van der Waals surface area contributed by atoms with Crippen molar-refractivity contribution in [1.82, 2.24) is 16.0 Å². The highest BCUT2D eigenvalue weighted by Gasteiger charge is 2.27. The summed E-state index contributed by atoms with van der Waals surface area (Å²) in [6.07, 6.45) is 1.33. The summed E-state index contributed by atoms with van der Waals surface area (Å²) >= 11 is 0. The van der Waals surface area contributed by atoms with E-state index in [1.807, 2.05) is 13.8 Å². The zero-order valence-corrected chi connectivity index (χ0v) is 21.1. The lowest BCUT2D eigenvalue weighted by Crippen LogP contribution is -2.56. The Morgan fingerprint density at radius 1 is 1.19 bits per heavy atom. The second-order valence-corrected chi connectivity index (χ2v) is 9.38. The number of hydrogen-bond acceptors (Lipinski definition) is 7. The van der Waals surface area contributed by atoms with Gasteiger partial charge < -0.3 is 41.4 Å². The minimum atomic E-state index is -1.15. The fourth-order valence-electron chi connectivity index (χ4n) is 3.66. The van der Waals surface area contributed by atoms with Crippen molar-refractivity contribution in [1.29, 1.82) is 0 Å². The van der Waals surface area contributed by atoms with Gasteiger partial charge in [-0.05, 0) is 55.8 Å². The third-order valence-electron chi connectivity index (χ3n) is 6.00. The first kappa shape index (κ1) is 29.3. The molecular weight excluding hydrogens is 468 g/mol. The quantitative estimate of drug-likeness (QED) is 0.280. The van der Waals surface area contributed by atoms with Crippen molar-refractivity contribution in [3.63, 3.8) is 0 Å². The van der Waals surface area contributed by atoms with Crippen LogP contribution in [-0.2, 0) is 20.7 Å². The molecule has 2 aliphatic heterocycles. The number of hydrogen-bond donors (Lipinski definition) is 6. The van der Waals surface area contributed by atoms with Crippen LogP contribution < -0.4 is 26.4 Å². The van der Waals surface area contributed by atoms with E-state index >= 15 is 0 Å². The third-order valence-corrected chi connectivity index (χ3v) is 6.00. The predicted molar refractivity (Wildman–Crippen MR) is 134 cm³/mol. The number of carboxylic acids is 1. The Kier molecular flexibility index (Phi) is 12.4. The van der Waals surface area contributed by atoms with E-state index in [0.29, 0.717) is 38.2 Å². The molecule has 4 atom stereocenters. The van der Waals surface area contributed by atoms with Gasteiger partial charge in [0.2, 0.25) is 5.91 Å². The molecule has 2 heterocycles. The number of amides is 3. The molecule has 0 fully saturated rings. The fraction of sp³-hybridized carbons (Fsp3) is 0.640. The van der Waals surface area contributed by atoms with Gasteiger partial charge in [0.05, 0.1) is 18.8 Å². The number of nitrogens with one attached hydrogen (secondary N) is 3. The Morgan fingerprint density at radius 3 is 2.56 bits per heavy atom. The van der Waals surface area contributed by atoms with Crippen molar-refractivity contribution in [2.24, 2.45) is 11.7 Å². The molecule has 3 amide bonds. The molecule has 11 heteroatoms. The van der Waals surface area contributed by atoms with Crippen LogP contribution in [0.3, 0.4) is 0 Å². The van der Waals surface area contributed by atoms with Crippen LogP contribution in [0.15, 0.2) is 24.3 Å². The van der Waals surface area contributed by atoms with Crippen LogP contribution in [0, 0.1) is 5.92 Å². The summed E-state index contributed by atoms with van der Waals surface area (Å²) in [5.41, 5.74) is 6.24. The fourth-order valence-corrected chi connectivity index (χ4v) is 3.66. The number of aliphatic hydroxyl groups is 1. The molecule has 0 saturated heterocycles. The van der Waals surface area contributed by atoms with Gasteiger partial charge >= 0.3 is 12.0 Å². The van der Waals surface area contributed by atoms with Crippen LogP contribution in [-0.4, -0.2) is 78.7 Å². The molecule has 0 radical (unpaired) electrons. The summed E-state index contributed by atoms with van der Waals surface area (Å²) in [5.74, 6) is -0.940. The van der Waals surface area contributed by atoms with Gasteiger partial charge in [0.25, 0.3) is 0 Å². The monoisotopic (exact) mass is 508 g/mol. The average molecular weight is 509 g/mol. The Morgan fingerprint density at radius 2 is 1.92 bits per heavy atom. The SMILES string of the molecule is CC(C)[C@H]1COCCC(O)COc2ccc(cc2)C[C@@H](NC(=O)N[C@@H](CCCCN)C(=O)O)C(=O)N1. The number of carboxylic acid groups (broad SMARTS) is 1. The summed E-state index contributed by atoms with van der Waals surface area (Å²) < 4.78 is 11.3. The molecule has 1 aromatic rings. The van der Waals surface area contributed by atoms with Crippen molar-refractivity contribution in [2.45, 2.75) is 70.2 Å². The maximum absolute atomic E-state index is 13.2. The predicted octanol–water partition coefficient (Wildman–Crippen LogP) is 0.780. The largest absolute Gasteiger partial charge is 0.491 e. The molecule has 202 valence electrons. The van der Waals surface area contributed by atoms with Crippen molar-refractivity contribution < 1.29 is 34.1 Å². The maximum atomic E-state index is 13.2. The number of aliphatic carboxylic acids is 1. The summed E-state index contributed by atoms with van der Waals surface area (Å²) in [7, 11) is 0. The summed E-state index contributed by atoms with van der Waals surface area (Å²) in [6.45, 7) is 5.00. The molecule has 36 heavy (non-hydrogen) atoms. The van der Waals surface area contributed by atoms with Gasteiger partial charge in [-0.15, -0.1) is 0 Å². The molecule has 0 aromatic heterocycles. The number of aliphatic hydroxyl groups excluding tert-OH is 1. The zero-order chi connectivity index (χ0) is 26.5. The smallest absolute Gasteiger partial charge is 0.326 e. The second-order valence-electron chi connectivity index (χ2n) is 9.38. The molecule has 0 spiro atoms. The molecule has 1 aromatic carbocycles. The van der Waals surface area contributed by atoms with E-state index in [1.54, 1.807) is 24.3 Å². The topological polar surface area (TPSA) is 172 Å². The zero-order valence-electron chi connectivity index (χ0n) is 21.1. The number of rotatable bonds is 8. The van der Waals surface area contributed by atoms with Crippen molar-refractivity contribution in [2.75, 3.05) is 26.4 Å². The van der Waals surface area contributed by atoms with Gasteiger partial charge in [-0.3, -0.25) is 4.79 Å². The first-order valence-electron chi connectivity index (χ1n) is 12.5. The lowest BCUT2D eigenvalue weighted by molar-refractivity contribution is -0.139. The summed E-state index contributed by atoms with van der Waals surface area (Å²) in [4.78, 5) is 37.5. The Labute approximate surface area is 212 Å². The molecule has 11 nitrogen and oxygen atoms in total. The second kappa shape index (κ2) is 15.3. The number of fused-ring (bicyclic) bond motifs is 13. The van der Waals surface area contributed by atoms with E-state index in [0.717, 1.165) is 5.56 Å². The number of ether oxygens (including phenoxy) is 2. The molecule has 0 aliphatic carbocycles. The number of benzene rings is 1. The van der Waals surface area contributed by atoms with Gasteiger partial charge in [0, 0.05) is 13.0 Å². The first-order valence-corrected chi connectivity index (χ1v) is 12.5. The summed E-state index contributed by atoms with van der Waals surface area (Å²) in [6, 6.07) is 3.92. The molecule has 2 aliphatic rings. The van der Waals surface area contributed by atoms with E-state index in [9.17, 15) is 24.6 Å². The molecule has 1 unspecified atom stereocenters. The minimum absolute atomic E-state index is 0.0498. The Balaban J connectivity index is 2.19. The highest BCUT2D eigenvalue weighted by Crippen LogP contribution is 2.15. The molecule has 2 bridgehead atoms. The van der Waals surface area contributed by atoms with Crippen LogP contribution in [0.4, 0.5) is 4.79 Å². The number of carbonyl (C=O) groups excluding carboxylic acids is 2. The van der Waals surface area contributed by atoms with Crippen molar-refractivity contribution in [3.05, 3.63) is 29.8 Å². The number of unbranched alkanes of at least 4 members (excludes halogenated alkanes) is 1. The Hall–Kier alpha value is -2.89. The van der Waals surface area contributed by atoms with Gasteiger partial charge in [-0.2, -0.15) is 0 Å². The van der Waals surface area contributed by atoms with Crippen LogP contribution >= 0.6 is 0 Å². The standard InChI is InChI=1S/C25H40N4O7/c1-16(2)22-15-35-12-10-18(30)14-36-19-8-6-17(7-9-19)13-21(23(31)27-22)29-25(34)28-20(24(32)33)5-3-4-11-26/h6-9,16,18,20-22,30H,3-5,10-15,26H2,1-2H3,(H,27,31)(H,32,33)(H2,28,29,34)/t18?,20-,21+,22+/m0/s1. The van der Waals surface area contributed by atoms with E-state index in [-0.39, 0.29) is 38.0 Å². The lowest BCUT2D eigenvalue weighted by atomic mass is 10.0. The van der Waals surface area contributed by atoms with Crippen molar-refractivity contribution >= 4 is 17.9 Å². The van der Waals surface area contributed by atoms with E-state index in [1.165, 1.54) is 0 Å². The number of carbonyl (C=O) groups is 3. The maximum Gasteiger partial charge on any atom is 0.326 e. The van der Waals surface area contributed by atoms with Crippen LogP contribution in [0.2, 0.25) is 0 Å². The van der Waals surface area contributed by atoms with Gasteiger partial charge in [0.1, 0.15) is 24.4 Å². The third kappa shape index (κ3) is 10.4. The Bertz CT molecular complexity index is 834. The first-order chi connectivity index (χ1) is 17.2. The van der Waals surface area contributed by atoms with E-state index in [2.05, 4.69) is 16.0 Å². The lowest BCUT2D eigenvalue weighted by Gasteiger charge is -2.27. The normalized spacial score (nSPS) is 22.4. The average Bonchev–Trinajstić information content (AvgIpc) is 2.83. The molecule has 7 N–H and O–H groups in total. The van der Waals surface area contributed by atoms with E-state index < -0.39 is 36.1 Å². The van der Waals surface area contributed by atoms with Crippen LogP contribution in [0.25, 0.3) is 0 Å². The minimum Gasteiger partial charge on any atom is -0.491 e. The van der Waals surface area contributed by atoms with Gasteiger partial charge in [-0.25, -0.2) is 9.59 Å². The van der Waals surface area contributed by atoms with Crippen molar-refractivity contribution in [3.8, 4) is 5.75 Å². The van der Waals surface area contributed by atoms with E-state index in [4.69, 9.17) is 15.2 Å². The summed E-state index contributed by atoms with van der Waals surface area (Å²) in [5, 5.41) is 27.6. The van der Waals surface area contributed by atoms with Crippen LogP contribution in [0.5, 0.6) is 5.75 Å². The van der Waals surface area contributed by atoms with Gasteiger partial charge in [-0.1, -0.05) is 26.0 Å². The highest BCUT2D eigenvalue weighted by molar-refractivity contribution is 5.89. The number of urea groups is 1. The van der Waals surface area contributed by atoms with Crippen LogP contribution in [0.1, 0.15) is 45.1 Å². The highest BCUT2D eigenvalue weighted by atomic mass is 16.5. The number of nitrogens with two attached hydrogens (primary N) is 1.